The summed E-state index contributed by atoms with van der Waals surface area (Å²) in [6.45, 7) is 6.74. The molecular weight excluding hydrogens is 254 g/mol. The largest absolute Gasteiger partial charge is 0.341 e. The molecule has 0 saturated carbocycles. The van der Waals surface area contributed by atoms with E-state index in [1.54, 1.807) is 11.8 Å². The minimum absolute atomic E-state index is 0.0692. The molecule has 7 heteroatoms. The predicted molar refractivity (Wildman–Crippen MR) is 70.4 cm³/mol. The van der Waals surface area contributed by atoms with E-state index in [9.17, 15) is 13.2 Å². The Bertz CT molecular complexity index is 419. The Hall–Kier alpha value is -0.660. The first kappa shape index (κ1) is 15.4. The Kier molecular flexibility index (Phi) is 4.40. The third-order valence-electron chi connectivity index (χ3n) is 3.39. The Morgan fingerprint density at radius 2 is 2.06 bits per heavy atom. The van der Waals surface area contributed by atoms with Gasteiger partial charge in [-0.2, -0.15) is 0 Å². The van der Waals surface area contributed by atoms with E-state index in [4.69, 9.17) is 5.73 Å². The Balaban J connectivity index is 2.68. The fourth-order valence-corrected chi connectivity index (χ4v) is 2.95. The molecule has 2 unspecified atom stereocenters. The van der Waals surface area contributed by atoms with Crippen molar-refractivity contribution in [2.24, 2.45) is 11.1 Å². The Morgan fingerprint density at radius 3 is 2.50 bits per heavy atom. The van der Waals surface area contributed by atoms with E-state index in [2.05, 4.69) is 4.72 Å². The molecule has 2 atom stereocenters. The number of carbonyl (C=O) groups excluding carboxylic acids is 1. The zero-order valence-corrected chi connectivity index (χ0v) is 12.3. The SMILES string of the molecule is CC(NS(C)(=O)=O)C(=O)N1CCC(N)C(C)(C)C1. The number of nitrogens with two attached hydrogens (primary N) is 1. The fourth-order valence-electron chi connectivity index (χ4n) is 2.21. The highest BCUT2D eigenvalue weighted by molar-refractivity contribution is 7.88. The minimum atomic E-state index is -3.37. The minimum Gasteiger partial charge on any atom is -0.341 e. The van der Waals surface area contributed by atoms with E-state index < -0.39 is 16.1 Å². The second-order valence-electron chi connectivity index (χ2n) is 5.76. The summed E-state index contributed by atoms with van der Waals surface area (Å²) in [5.74, 6) is -0.194. The molecule has 18 heavy (non-hydrogen) atoms. The molecule has 6 nitrogen and oxygen atoms in total. The number of nitrogens with one attached hydrogen (secondary N) is 1. The standard InChI is InChI=1S/C11H23N3O3S/c1-8(13-18(4,16)17)10(15)14-6-5-9(12)11(2,3)7-14/h8-9,13H,5-7,12H2,1-4H3. The molecule has 106 valence electrons. The maximum atomic E-state index is 12.1. The van der Waals surface area contributed by atoms with Crippen molar-refractivity contribution in [3.8, 4) is 0 Å². The third-order valence-corrected chi connectivity index (χ3v) is 4.17. The van der Waals surface area contributed by atoms with Gasteiger partial charge in [0, 0.05) is 19.1 Å². The molecule has 1 saturated heterocycles. The number of hydrogen-bond donors (Lipinski definition) is 2. The van der Waals surface area contributed by atoms with Crippen LogP contribution in [0.1, 0.15) is 27.2 Å². The topological polar surface area (TPSA) is 92.5 Å². The molecule has 0 aromatic heterocycles. The maximum absolute atomic E-state index is 12.1. The van der Waals surface area contributed by atoms with Gasteiger partial charge in [-0.25, -0.2) is 13.1 Å². The molecular formula is C11H23N3O3S. The molecule has 1 amide bonds. The van der Waals surface area contributed by atoms with Crippen LogP contribution in [0.5, 0.6) is 0 Å². The molecule has 0 aromatic carbocycles. The molecule has 1 aliphatic heterocycles. The van der Waals surface area contributed by atoms with Gasteiger partial charge in [0.05, 0.1) is 12.3 Å². The highest BCUT2D eigenvalue weighted by atomic mass is 32.2. The van der Waals surface area contributed by atoms with E-state index in [1.165, 1.54) is 0 Å². The van der Waals surface area contributed by atoms with Gasteiger partial charge in [-0.3, -0.25) is 4.79 Å². The van der Waals surface area contributed by atoms with E-state index in [1.807, 2.05) is 13.8 Å². The Labute approximate surface area is 109 Å². The van der Waals surface area contributed by atoms with E-state index in [-0.39, 0.29) is 17.4 Å². The Morgan fingerprint density at radius 1 is 1.50 bits per heavy atom. The van der Waals surface area contributed by atoms with Crippen molar-refractivity contribution in [1.29, 1.82) is 0 Å². The molecule has 0 spiro atoms. The second-order valence-corrected chi connectivity index (χ2v) is 7.54. The normalized spacial score (nSPS) is 25.8. The summed E-state index contributed by atoms with van der Waals surface area (Å²) in [5.41, 5.74) is 5.86. The van der Waals surface area contributed by atoms with Crippen LogP contribution < -0.4 is 10.5 Å². The molecule has 0 bridgehead atoms. The highest BCUT2D eigenvalue weighted by Crippen LogP contribution is 2.27. The first-order valence-electron chi connectivity index (χ1n) is 6.04. The highest BCUT2D eigenvalue weighted by Gasteiger charge is 2.36. The van der Waals surface area contributed by atoms with Crippen LogP contribution >= 0.6 is 0 Å². The number of likely N-dealkylation sites (tertiary alicyclic amines) is 1. The number of amides is 1. The molecule has 3 N–H and O–H groups in total. The average Bonchev–Trinajstić information content (AvgIpc) is 2.18. The van der Waals surface area contributed by atoms with E-state index in [0.717, 1.165) is 12.7 Å². The second kappa shape index (κ2) is 5.14. The smallest absolute Gasteiger partial charge is 0.240 e. The number of carbonyl (C=O) groups is 1. The van der Waals surface area contributed by atoms with Crippen LogP contribution in [-0.4, -0.2) is 50.7 Å². The van der Waals surface area contributed by atoms with Crippen molar-refractivity contribution in [2.45, 2.75) is 39.3 Å². The summed E-state index contributed by atoms with van der Waals surface area (Å²) in [4.78, 5) is 13.8. The van der Waals surface area contributed by atoms with Gasteiger partial charge in [-0.15, -0.1) is 0 Å². The molecule has 1 fully saturated rings. The summed E-state index contributed by atoms with van der Waals surface area (Å²) >= 11 is 0. The summed E-state index contributed by atoms with van der Waals surface area (Å²) < 4.78 is 24.5. The van der Waals surface area contributed by atoms with Crippen LogP contribution in [-0.2, 0) is 14.8 Å². The first-order chi connectivity index (χ1) is 8.03. The zero-order valence-electron chi connectivity index (χ0n) is 11.4. The number of nitrogens with zero attached hydrogens (tertiary/aromatic N) is 1. The molecule has 1 aliphatic rings. The summed E-state index contributed by atoms with van der Waals surface area (Å²) in [7, 11) is -3.37. The van der Waals surface area contributed by atoms with Gasteiger partial charge in [-0.05, 0) is 18.8 Å². The zero-order chi connectivity index (χ0) is 14.1. The summed E-state index contributed by atoms with van der Waals surface area (Å²) in [6, 6.07) is -0.662. The van der Waals surface area contributed by atoms with Crippen molar-refractivity contribution in [2.75, 3.05) is 19.3 Å². The predicted octanol–water partition coefficient (Wildman–Crippen LogP) is -0.490. The van der Waals surface area contributed by atoms with Crippen molar-refractivity contribution in [3.05, 3.63) is 0 Å². The van der Waals surface area contributed by atoms with Gasteiger partial charge >= 0.3 is 0 Å². The van der Waals surface area contributed by atoms with Crippen LogP contribution in [0.15, 0.2) is 0 Å². The van der Waals surface area contributed by atoms with Crippen LogP contribution in [0.2, 0.25) is 0 Å². The van der Waals surface area contributed by atoms with Crippen molar-refractivity contribution < 1.29 is 13.2 Å². The first-order valence-corrected chi connectivity index (χ1v) is 7.94. The molecule has 0 aromatic rings. The number of rotatable bonds is 3. The average molecular weight is 277 g/mol. The van der Waals surface area contributed by atoms with Crippen molar-refractivity contribution in [3.63, 3.8) is 0 Å². The lowest BCUT2D eigenvalue weighted by atomic mass is 9.79. The number of piperidine rings is 1. The lowest BCUT2D eigenvalue weighted by molar-refractivity contribution is -0.136. The lowest BCUT2D eigenvalue weighted by Gasteiger charge is -2.43. The molecule has 1 heterocycles. The van der Waals surface area contributed by atoms with Crippen LogP contribution in [0.4, 0.5) is 0 Å². The van der Waals surface area contributed by atoms with Gasteiger partial charge in [0.25, 0.3) is 0 Å². The number of hydrogen-bond acceptors (Lipinski definition) is 4. The van der Waals surface area contributed by atoms with Crippen LogP contribution in [0.25, 0.3) is 0 Å². The lowest BCUT2D eigenvalue weighted by Crippen LogP contribution is -2.57. The van der Waals surface area contributed by atoms with Crippen molar-refractivity contribution in [1.82, 2.24) is 9.62 Å². The molecule has 0 aliphatic carbocycles. The van der Waals surface area contributed by atoms with Gasteiger partial charge < -0.3 is 10.6 Å². The third kappa shape index (κ3) is 3.93. The quantitative estimate of drug-likeness (QED) is 0.728. The van der Waals surface area contributed by atoms with Gasteiger partial charge in [0.2, 0.25) is 15.9 Å². The summed E-state index contributed by atoms with van der Waals surface area (Å²) in [5, 5.41) is 0. The van der Waals surface area contributed by atoms with E-state index in [0.29, 0.717) is 13.1 Å². The monoisotopic (exact) mass is 277 g/mol. The van der Waals surface area contributed by atoms with Gasteiger partial charge in [0.1, 0.15) is 0 Å². The van der Waals surface area contributed by atoms with Crippen molar-refractivity contribution >= 4 is 15.9 Å². The van der Waals surface area contributed by atoms with Gasteiger partial charge in [-0.1, -0.05) is 13.8 Å². The molecule has 1 rings (SSSR count). The fraction of sp³-hybridized carbons (Fsp3) is 0.909. The summed E-state index contributed by atoms with van der Waals surface area (Å²) in [6.07, 6.45) is 1.79. The van der Waals surface area contributed by atoms with Crippen LogP contribution in [0.3, 0.4) is 0 Å². The molecule has 0 radical (unpaired) electrons. The van der Waals surface area contributed by atoms with E-state index >= 15 is 0 Å². The van der Waals surface area contributed by atoms with Gasteiger partial charge in [0.15, 0.2) is 0 Å². The number of sulfonamides is 1. The maximum Gasteiger partial charge on any atom is 0.240 e. The van der Waals surface area contributed by atoms with Crippen LogP contribution in [0, 0.1) is 5.41 Å².